The number of esters is 4. The predicted molar refractivity (Wildman–Crippen MR) is 99.6 cm³/mol. The van der Waals surface area contributed by atoms with Crippen molar-refractivity contribution in [1.82, 2.24) is 0 Å². The summed E-state index contributed by atoms with van der Waals surface area (Å²) in [5, 5.41) is 0. The van der Waals surface area contributed by atoms with E-state index in [9.17, 15) is 19.2 Å². The number of carbonyl (C=O) groups is 4. The predicted octanol–water partition coefficient (Wildman–Crippen LogP) is -0.688. The zero-order valence-corrected chi connectivity index (χ0v) is 22.5. The Morgan fingerprint density at radius 2 is 0.933 bits per heavy atom. The van der Waals surface area contributed by atoms with Gasteiger partial charge in [-0.2, -0.15) is 0 Å². The minimum Gasteiger partial charge on any atom is -0.783 e. The van der Waals surface area contributed by atoms with Gasteiger partial charge in [0.05, 0.1) is 0 Å². The molecule has 2 rings (SSSR count). The molecule has 0 saturated carbocycles. The summed E-state index contributed by atoms with van der Waals surface area (Å²) in [6, 6.07) is 0. The fourth-order valence-electron chi connectivity index (χ4n) is 0.899. The van der Waals surface area contributed by atoms with E-state index >= 15 is 0 Å². The Morgan fingerprint density at radius 1 is 0.767 bits per heavy atom. The Hall–Kier alpha value is 0.196. The standard InChI is InChI=1S/C5O6.C2O3.CH6N2.CH4N.4CH4.2CH3.W.2Y/c6-1-5(2(7)10-1)3(8)11-4(5)9;3-1-5-2-4;2-1-3;1-2;;;;;;;;;/h;;1-3H2;1-2H2;4*1H4;2*1H3;;;/q;-2;;-1;;;;;2*-1;+2;;. The van der Waals surface area contributed by atoms with E-state index in [2.05, 4.69) is 38.5 Å². The molecule has 2 heterocycles. The average molecular weight is 760 g/mol. The van der Waals surface area contributed by atoms with Crippen molar-refractivity contribution < 1.29 is 129 Å². The normalized spacial score (nSPS) is 11.1. The Kier molecular flexibility index (Phi) is 92.3. The average Bonchev–Trinajstić information content (AvgIpc) is 2.43. The second-order valence-electron chi connectivity index (χ2n) is 2.61. The molecule has 0 aromatic rings. The molecule has 2 aliphatic heterocycles. The zero-order chi connectivity index (χ0) is 17.1. The van der Waals surface area contributed by atoms with Crippen molar-refractivity contribution in [3.8, 4) is 0 Å². The Balaban J connectivity index is -0.0000000190. The molecule has 0 bridgehead atoms. The summed E-state index contributed by atoms with van der Waals surface area (Å²) in [4.78, 5) is 59.6. The van der Waals surface area contributed by atoms with E-state index in [1.807, 2.05) is 0 Å². The van der Waals surface area contributed by atoms with Crippen LogP contribution in [-0.4, -0.2) is 43.5 Å². The van der Waals surface area contributed by atoms with Crippen molar-refractivity contribution in [3.05, 3.63) is 21.9 Å². The monoisotopic (exact) mass is 760 g/mol. The van der Waals surface area contributed by atoms with E-state index in [0.29, 0.717) is 0 Å². The van der Waals surface area contributed by atoms with Crippen LogP contribution in [0.1, 0.15) is 29.7 Å². The van der Waals surface area contributed by atoms with Crippen LogP contribution >= 0.6 is 0 Å². The van der Waals surface area contributed by atoms with Crippen LogP contribution in [0, 0.1) is 27.3 Å². The van der Waals surface area contributed by atoms with Crippen LogP contribution in [0.2, 0.25) is 0 Å². The first-order chi connectivity index (χ1) is 9.93. The summed E-state index contributed by atoms with van der Waals surface area (Å²) < 4.78 is 10.9. The number of rotatable bonds is 2. The molecule has 0 unspecified atom stereocenters. The topological polar surface area (TPSA) is 208 Å². The second-order valence-corrected chi connectivity index (χ2v) is 2.61. The first-order valence-corrected chi connectivity index (χ1v) is 4.67. The molecule has 0 aromatic carbocycles. The number of hydrogen-bond acceptors (Lipinski definition) is 12. The molecule has 0 aliphatic carbocycles. The van der Waals surface area contributed by atoms with Gasteiger partial charge >= 0.3 is 50.4 Å². The van der Waals surface area contributed by atoms with Crippen LogP contribution in [0.4, 0.5) is 0 Å². The quantitative estimate of drug-likeness (QED) is 0.105. The molecule has 2 aliphatic rings. The molecule has 0 atom stereocenters. The summed E-state index contributed by atoms with van der Waals surface area (Å²) in [6.45, 7) is 1.94. The number of ether oxygens (including phenoxy) is 3. The Labute approximate surface area is 244 Å². The molecular formula is C15H32N3O9WY2-3. The molecule has 176 valence electrons. The number of nitrogens with two attached hydrogens (primary N) is 3. The van der Waals surface area contributed by atoms with Gasteiger partial charge in [0.25, 0.3) is 0 Å². The summed E-state index contributed by atoms with van der Waals surface area (Å²) in [7, 11) is 2.75. The summed E-state index contributed by atoms with van der Waals surface area (Å²) in [5.41, 5.74) is 11.3. The van der Waals surface area contributed by atoms with Crippen LogP contribution < -0.4 is 17.2 Å². The third-order valence-corrected chi connectivity index (χ3v) is 1.68. The maximum Gasteiger partial charge on any atom is 2.00 e. The van der Waals surface area contributed by atoms with Crippen LogP contribution in [0.25, 0.3) is 0 Å². The summed E-state index contributed by atoms with van der Waals surface area (Å²) >= 11 is 0. The fourth-order valence-corrected chi connectivity index (χ4v) is 0.899. The van der Waals surface area contributed by atoms with E-state index in [-0.39, 0.29) is 138 Å². The second kappa shape index (κ2) is 39.6. The van der Waals surface area contributed by atoms with E-state index < -0.39 is 29.3 Å². The van der Waals surface area contributed by atoms with Gasteiger partial charge in [-0.3, -0.25) is 7.05 Å². The minimum atomic E-state index is -2.22. The molecule has 2 radical (unpaired) electrons. The molecule has 2 saturated heterocycles. The van der Waals surface area contributed by atoms with Gasteiger partial charge in [-0.05, 0) is 0 Å². The maximum atomic E-state index is 10.5. The molecule has 2 fully saturated rings. The van der Waals surface area contributed by atoms with Crippen molar-refractivity contribution in [2.24, 2.45) is 22.6 Å². The number of hydrogen-bond donors (Lipinski definition) is 3. The van der Waals surface area contributed by atoms with Gasteiger partial charge in [0.15, 0.2) is 0 Å². The van der Waals surface area contributed by atoms with Crippen LogP contribution in [-0.2, 0) is 129 Å². The largest absolute Gasteiger partial charge is 2.00 e. The van der Waals surface area contributed by atoms with Crippen LogP contribution in [0.5, 0.6) is 0 Å². The van der Waals surface area contributed by atoms with Gasteiger partial charge in [0, 0.05) is 72.1 Å². The fraction of sp³-hybridized carbons (Fsp3) is 0.400. The van der Waals surface area contributed by atoms with E-state index in [4.69, 9.17) is 9.59 Å². The van der Waals surface area contributed by atoms with Crippen molar-refractivity contribution >= 4 is 36.8 Å². The molecule has 0 aromatic heterocycles. The molecule has 15 heteroatoms. The van der Waals surface area contributed by atoms with Crippen molar-refractivity contribution in [2.45, 2.75) is 29.7 Å². The van der Waals surface area contributed by atoms with E-state index in [0.717, 1.165) is 12.9 Å². The van der Waals surface area contributed by atoms with Crippen LogP contribution in [0.15, 0.2) is 0 Å². The van der Waals surface area contributed by atoms with Gasteiger partial charge in [-0.25, -0.2) is 19.2 Å². The van der Waals surface area contributed by atoms with E-state index in [1.54, 1.807) is 0 Å². The Morgan fingerprint density at radius 3 is 0.967 bits per heavy atom. The van der Waals surface area contributed by atoms with Crippen molar-refractivity contribution in [1.29, 1.82) is 0 Å². The van der Waals surface area contributed by atoms with Gasteiger partial charge < -0.3 is 55.9 Å². The molecule has 1 spiro atoms. The van der Waals surface area contributed by atoms with Gasteiger partial charge in [0.2, 0.25) is 0 Å². The smallest absolute Gasteiger partial charge is 0.783 e. The van der Waals surface area contributed by atoms with Gasteiger partial charge in [-0.1, -0.05) is 29.7 Å². The Bertz CT molecular complexity index is 388. The molecule has 0 amide bonds. The van der Waals surface area contributed by atoms with Crippen LogP contribution in [0.3, 0.4) is 0 Å². The van der Waals surface area contributed by atoms with Gasteiger partial charge in [0.1, 0.15) is 0 Å². The third kappa shape index (κ3) is 17.8. The number of carbonyl (C=O) groups excluding carboxylic acids is 6. The third-order valence-electron chi connectivity index (χ3n) is 1.68. The zero-order valence-electron chi connectivity index (χ0n) is 13.9. The molecular weight excluding hydrogens is 728 g/mol. The maximum absolute atomic E-state index is 10.5. The molecule has 30 heavy (non-hydrogen) atoms. The number of cyclic esters (lactones) is 4. The first kappa shape index (κ1) is 69.9. The summed E-state index contributed by atoms with van der Waals surface area (Å²) in [6.07, 6.45) is 0. The SMILES string of the molecule is C.C.C.C.NCN.O=C1OC(=O)C12C(=O)OC2=O.O=[C-]O[C-]=O.[CH2-]N.[CH3-].[CH3-].[W+2].[Y].[Y]. The van der Waals surface area contributed by atoms with Crippen molar-refractivity contribution in [2.75, 3.05) is 6.67 Å². The van der Waals surface area contributed by atoms with E-state index in [1.165, 1.54) is 0 Å². The first-order valence-electron chi connectivity index (χ1n) is 4.67. The minimum absolute atomic E-state index is 0. The molecule has 12 nitrogen and oxygen atoms in total. The van der Waals surface area contributed by atoms with Crippen molar-refractivity contribution in [3.63, 3.8) is 0 Å². The molecule has 6 N–H and O–H groups in total. The van der Waals surface area contributed by atoms with Gasteiger partial charge in [-0.15, -0.1) is 12.9 Å². The summed E-state index contributed by atoms with van der Waals surface area (Å²) in [5.74, 6) is -4.54.